The van der Waals surface area contributed by atoms with E-state index in [1.165, 1.54) is 11.3 Å². The maximum Gasteiger partial charge on any atom is 0.355 e. The predicted octanol–water partition coefficient (Wildman–Crippen LogP) is 9.34. The van der Waals surface area contributed by atoms with Crippen LogP contribution in [0, 0.1) is 6.92 Å². The topological polar surface area (TPSA) is 198 Å². The average molecular weight is 939 g/mol. The number of aromatic nitrogens is 4. The third-order valence-corrected chi connectivity index (χ3v) is 13.7. The number of aromatic carboxylic acids is 1. The van der Waals surface area contributed by atoms with E-state index in [1.807, 2.05) is 109 Å². The molecule has 2 aliphatic heterocycles. The van der Waals surface area contributed by atoms with Gasteiger partial charge in [-0.2, -0.15) is 5.10 Å². The highest BCUT2D eigenvalue weighted by molar-refractivity contribution is 7.22. The summed E-state index contributed by atoms with van der Waals surface area (Å²) in [5, 5.41) is 24.8. The number of carboxylic acids is 1. The van der Waals surface area contributed by atoms with Crippen molar-refractivity contribution in [3.05, 3.63) is 154 Å². The van der Waals surface area contributed by atoms with Gasteiger partial charge in [0.25, 0.3) is 5.91 Å². The van der Waals surface area contributed by atoms with Gasteiger partial charge in [0.15, 0.2) is 10.8 Å². The summed E-state index contributed by atoms with van der Waals surface area (Å²) >= 11 is 1.42. The first-order chi connectivity index (χ1) is 33.5. The summed E-state index contributed by atoms with van der Waals surface area (Å²) < 4.78 is 9.20. The number of hydrogen-bond donors (Lipinski definition) is 4. The fourth-order valence-electron chi connectivity index (χ4n) is 9.27. The van der Waals surface area contributed by atoms with Crippen molar-refractivity contribution in [3.63, 3.8) is 0 Å². The Kier molecular flexibility index (Phi) is 12.1. The predicted molar refractivity (Wildman–Crippen MR) is 264 cm³/mol. The van der Waals surface area contributed by atoms with Gasteiger partial charge in [0.1, 0.15) is 17.3 Å². The number of pyridine rings is 1. The van der Waals surface area contributed by atoms with Gasteiger partial charge < -0.3 is 20.1 Å². The van der Waals surface area contributed by atoms with Gasteiger partial charge in [0.2, 0.25) is 17.7 Å². The summed E-state index contributed by atoms with van der Waals surface area (Å²) in [5.41, 5.74) is 7.88. The Bertz CT molecular complexity index is 3350. The number of para-hydroxylation sites is 2. The van der Waals surface area contributed by atoms with E-state index >= 15 is 0 Å². The normalized spacial score (nSPS) is 14.6. The van der Waals surface area contributed by atoms with Crippen LogP contribution >= 0.6 is 11.3 Å². The van der Waals surface area contributed by atoms with Crippen molar-refractivity contribution in [1.82, 2.24) is 25.1 Å². The minimum atomic E-state index is -1.17. The Morgan fingerprint density at radius 2 is 1.68 bits per heavy atom. The summed E-state index contributed by atoms with van der Waals surface area (Å²) in [6.07, 6.45) is 2.65. The number of aryl methyl sites for hydroxylation is 2. The number of rotatable bonds is 13. The Labute approximate surface area is 400 Å². The molecule has 1 unspecified atom stereocenters. The zero-order valence-electron chi connectivity index (χ0n) is 37.7. The maximum atomic E-state index is 13.7. The van der Waals surface area contributed by atoms with Gasteiger partial charge in [-0.1, -0.05) is 65.9 Å². The zero-order valence-corrected chi connectivity index (χ0v) is 38.6. The first-order valence-corrected chi connectivity index (χ1v) is 23.5. The molecule has 5 heterocycles. The molecule has 346 valence electrons. The molecule has 15 nitrogen and oxygen atoms in total. The number of anilines is 3. The maximum absolute atomic E-state index is 13.7. The lowest BCUT2D eigenvalue weighted by atomic mass is 9.93. The molecular weight excluding hydrogens is 893 g/mol. The smallest absolute Gasteiger partial charge is 0.355 e. The Balaban J connectivity index is 0.803. The number of carbonyl (C=O) groups is 5. The van der Waals surface area contributed by atoms with Gasteiger partial charge >= 0.3 is 5.97 Å². The molecule has 4 amide bonds. The monoisotopic (exact) mass is 938 g/mol. The van der Waals surface area contributed by atoms with E-state index in [-0.39, 0.29) is 42.2 Å². The third-order valence-electron chi connectivity index (χ3n) is 12.8. The number of benzene rings is 5. The van der Waals surface area contributed by atoms with Gasteiger partial charge in [0.05, 0.1) is 27.3 Å². The first-order valence-electron chi connectivity index (χ1n) is 22.7. The number of nitrogens with one attached hydrogen (secondary N) is 3. The number of piperidine rings is 1. The number of fused-ring (bicyclic) bond motifs is 3. The molecule has 69 heavy (non-hydrogen) atoms. The van der Waals surface area contributed by atoms with E-state index < -0.39 is 11.9 Å². The van der Waals surface area contributed by atoms with E-state index in [9.17, 15) is 29.1 Å². The van der Waals surface area contributed by atoms with Crippen LogP contribution in [-0.2, 0) is 40.8 Å². The highest BCUT2D eigenvalue weighted by Gasteiger charge is 2.32. The molecule has 5 aromatic carbocycles. The minimum absolute atomic E-state index is 0.101. The van der Waals surface area contributed by atoms with Gasteiger partial charge in [0, 0.05) is 55.2 Å². The van der Waals surface area contributed by atoms with Crippen LogP contribution < -0.4 is 25.6 Å². The summed E-state index contributed by atoms with van der Waals surface area (Å²) in [6, 6.07) is 35.7. The first kappa shape index (κ1) is 44.6. The lowest BCUT2D eigenvalue weighted by Gasteiger charge is -2.31. The number of hydrogen-bond acceptors (Lipinski definition) is 11. The molecule has 4 N–H and O–H groups in total. The second kappa shape index (κ2) is 18.8. The second-order valence-electron chi connectivity index (χ2n) is 17.2. The van der Waals surface area contributed by atoms with Crippen LogP contribution in [0.25, 0.3) is 32.2 Å². The number of nitrogens with zero attached hydrogens (tertiary/aromatic N) is 5. The molecule has 1 atom stereocenters. The van der Waals surface area contributed by atoms with Crippen LogP contribution in [0.1, 0.15) is 80.4 Å². The number of carbonyl (C=O) groups excluding carboxylic acids is 4. The van der Waals surface area contributed by atoms with Crippen LogP contribution in [0.4, 0.5) is 16.6 Å². The second-order valence-corrected chi connectivity index (χ2v) is 18.2. The Hall–Kier alpha value is -8.24. The highest BCUT2D eigenvalue weighted by atomic mass is 32.1. The molecule has 16 heteroatoms. The zero-order chi connectivity index (χ0) is 47.8. The molecule has 3 aromatic heterocycles. The minimum Gasteiger partial charge on any atom is -0.476 e. The third kappa shape index (κ3) is 9.13. The highest BCUT2D eigenvalue weighted by Crippen LogP contribution is 2.38. The van der Waals surface area contributed by atoms with Crippen molar-refractivity contribution >= 4 is 78.7 Å². The summed E-state index contributed by atoms with van der Waals surface area (Å²) in [7, 11) is 1.78. The summed E-state index contributed by atoms with van der Waals surface area (Å²) in [6.45, 7) is 2.85. The van der Waals surface area contributed by atoms with Crippen LogP contribution in [0.15, 0.2) is 115 Å². The van der Waals surface area contributed by atoms with E-state index in [4.69, 9.17) is 9.72 Å². The Morgan fingerprint density at radius 3 is 2.52 bits per heavy atom. The molecule has 2 aliphatic rings. The van der Waals surface area contributed by atoms with Crippen LogP contribution in [0.3, 0.4) is 0 Å². The quantitative estimate of drug-likeness (QED) is 0.0804. The van der Waals surface area contributed by atoms with Crippen LogP contribution in [0.5, 0.6) is 11.5 Å². The van der Waals surface area contributed by atoms with Gasteiger partial charge in [-0.25, -0.2) is 14.8 Å². The van der Waals surface area contributed by atoms with E-state index in [0.717, 1.165) is 43.4 Å². The average Bonchev–Trinajstić information content (AvgIpc) is 3.91. The van der Waals surface area contributed by atoms with Gasteiger partial charge in [-0.3, -0.25) is 34.5 Å². The van der Waals surface area contributed by atoms with Gasteiger partial charge in [-0.05, 0) is 121 Å². The van der Waals surface area contributed by atoms with E-state index in [0.29, 0.717) is 89.3 Å². The van der Waals surface area contributed by atoms with Crippen molar-refractivity contribution in [3.8, 4) is 22.6 Å². The molecule has 10 rings (SSSR count). The van der Waals surface area contributed by atoms with Crippen molar-refractivity contribution < 1.29 is 33.8 Å². The van der Waals surface area contributed by atoms with Crippen molar-refractivity contribution in [2.45, 2.75) is 57.9 Å². The molecule has 0 aliphatic carbocycles. The number of imide groups is 1. The molecule has 1 fully saturated rings. The SMILES string of the molecule is Cc1c(Oc2ccccc2CCCC(=O)Nc2ccc3c(C4CCC(=O)NC4=O)nn(C)c3c2)cccc1-c1ccc(N2CCc3cccc(C(=O)Nc4nc5ccccc5s4)c3C2)nc1C(=O)O. The van der Waals surface area contributed by atoms with E-state index in [2.05, 4.69) is 26.0 Å². The van der Waals surface area contributed by atoms with Crippen LogP contribution in [-0.4, -0.2) is 61.0 Å². The number of amides is 4. The van der Waals surface area contributed by atoms with Crippen molar-refractivity contribution in [2.24, 2.45) is 7.05 Å². The molecule has 0 bridgehead atoms. The molecule has 0 saturated carbocycles. The molecule has 8 aromatic rings. The summed E-state index contributed by atoms with van der Waals surface area (Å²) in [5.74, 6) is -1.07. The fraction of sp³-hybridized carbons (Fsp3) is 0.208. The Morgan fingerprint density at radius 1 is 0.870 bits per heavy atom. The van der Waals surface area contributed by atoms with Crippen LogP contribution in [0.2, 0.25) is 0 Å². The number of thiazole rings is 1. The van der Waals surface area contributed by atoms with E-state index in [1.54, 1.807) is 29.9 Å². The lowest BCUT2D eigenvalue weighted by Crippen LogP contribution is -2.39. The summed E-state index contributed by atoms with van der Waals surface area (Å²) in [4.78, 5) is 75.3. The largest absolute Gasteiger partial charge is 0.476 e. The lowest BCUT2D eigenvalue weighted by molar-refractivity contribution is -0.134. The molecular formula is C53H46N8O7S. The molecule has 0 spiro atoms. The number of carboxylic acid groups (broad SMARTS) is 1. The van der Waals surface area contributed by atoms with Crippen molar-refractivity contribution in [2.75, 3.05) is 22.1 Å². The molecule has 0 radical (unpaired) electrons. The molecule has 1 saturated heterocycles. The van der Waals surface area contributed by atoms with Crippen molar-refractivity contribution in [1.29, 1.82) is 0 Å². The standard InChI is InChI=1S/C53H46N8O7S/c1-30-34(35-22-24-45(56-49(35)52(66)67)61-27-26-31-11-7-14-36(39(31)29-61)50(64)58-53-55-40-15-4-6-18-44(40)69-53)13-9-17-42(30)68-43-16-5-3-10-32(43)12-8-19-46(62)54-33-20-21-37-41(28-33)60(2)59-48(37)38-23-25-47(63)57-51(38)65/h3-7,9-11,13-18,20-22,24,28,38H,8,12,19,23,25-27,29H2,1-2H3,(H,54,62)(H,66,67)(H,55,58,64)(H,57,63,65). The van der Waals surface area contributed by atoms with Gasteiger partial charge in [-0.15, -0.1) is 0 Å². The fourth-order valence-corrected chi connectivity index (χ4v) is 10.1. The number of ether oxygens (including phenoxy) is 1.